The van der Waals surface area contributed by atoms with Gasteiger partial charge in [0.2, 0.25) is 0 Å². The van der Waals surface area contributed by atoms with Crippen molar-refractivity contribution < 1.29 is 13.9 Å². The number of rotatable bonds is 5. The van der Waals surface area contributed by atoms with Crippen molar-refractivity contribution in [3.05, 3.63) is 27.6 Å². The van der Waals surface area contributed by atoms with Gasteiger partial charge in [-0.1, -0.05) is 13.0 Å². The first-order valence-corrected chi connectivity index (χ1v) is 6.48. The number of hydrogen-bond donors (Lipinski definition) is 1. The second-order valence-electron chi connectivity index (χ2n) is 3.64. The highest BCUT2D eigenvalue weighted by Gasteiger charge is 2.14. The van der Waals surface area contributed by atoms with Crippen LogP contribution in [0.2, 0.25) is 0 Å². The zero-order valence-electron chi connectivity index (χ0n) is 9.80. The molecule has 0 aliphatic heterocycles. The number of carbonyl (C=O) groups is 1. The van der Waals surface area contributed by atoms with Crippen molar-refractivity contribution in [3.8, 4) is 0 Å². The molecule has 1 aromatic rings. The molecule has 0 saturated heterocycles. The highest BCUT2D eigenvalue weighted by Crippen LogP contribution is 2.21. The summed E-state index contributed by atoms with van der Waals surface area (Å²) < 4.78 is 18.7. The molecule has 0 amide bonds. The molecular weight excluding hydrogens is 336 g/mol. The smallest absolute Gasteiger partial charge is 0.310 e. The number of carbonyl (C=O) groups excluding carboxylic acids is 1. The van der Waals surface area contributed by atoms with Crippen LogP contribution in [-0.2, 0) is 9.53 Å². The van der Waals surface area contributed by atoms with Crippen LogP contribution in [0.3, 0.4) is 0 Å². The molecule has 0 radical (unpaired) electrons. The molecule has 1 rings (SSSR count). The number of nitrogens with one attached hydrogen (secondary N) is 1. The summed E-state index contributed by atoms with van der Waals surface area (Å²) in [7, 11) is 0. The van der Waals surface area contributed by atoms with Crippen LogP contribution in [0.15, 0.2) is 18.2 Å². The number of anilines is 1. The lowest BCUT2D eigenvalue weighted by atomic mass is 10.2. The standard InChI is InChI=1S/C12H15FINO2/c1-3-17-12(16)8(2)7-15-10-6-4-5-9(13)11(10)14/h4-6,8,15H,3,7H2,1-2H3. The largest absolute Gasteiger partial charge is 0.466 e. The Balaban J connectivity index is 2.56. The average molecular weight is 351 g/mol. The van der Waals surface area contributed by atoms with Crippen molar-refractivity contribution in [2.75, 3.05) is 18.5 Å². The number of ether oxygens (including phenoxy) is 1. The molecule has 0 heterocycles. The van der Waals surface area contributed by atoms with Gasteiger partial charge in [0.05, 0.1) is 21.8 Å². The maximum Gasteiger partial charge on any atom is 0.310 e. The molecule has 0 aliphatic rings. The Labute approximate surface area is 114 Å². The zero-order valence-corrected chi connectivity index (χ0v) is 12.0. The van der Waals surface area contributed by atoms with Gasteiger partial charge in [-0.05, 0) is 41.6 Å². The number of halogens is 2. The fourth-order valence-electron chi connectivity index (χ4n) is 1.27. The molecule has 0 aliphatic carbocycles. The van der Waals surface area contributed by atoms with Crippen molar-refractivity contribution in [1.29, 1.82) is 0 Å². The maximum atomic E-state index is 13.2. The molecule has 1 aromatic carbocycles. The summed E-state index contributed by atoms with van der Waals surface area (Å²) >= 11 is 1.93. The van der Waals surface area contributed by atoms with Crippen LogP contribution < -0.4 is 5.32 Å². The van der Waals surface area contributed by atoms with Crippen molar-refractivity contribution in [1.82, 2.24) is 0 Å². The molecule has 0 spiro atoms. The first-order chi connectivity index (χ1) is 8.06. The second kappa shape index (κ2) is 6.78. The van der Waals surface area contributed by atoms with Gasteiger partial charge >= 0.3 is 5.97 Å². The van der Waals surface area contributed by atoms with Crippen molar-refractivity contribution in [2.24, 2.45) is 5.92 Å². The summed E-state index contributed by atoms with van der Waals surface area (Å²) in [6, 6.07) is 4.82. The van der Waals surface area contributed by atoms with E-state index in [1.165, 1.54) is 6.07 Å². The molecule has 17 heavy (non-hydrogen) atoms. The van der Waals surface area contributed by atoms with Crippen LogP contribution in [0.1, 0.15) is 13.8 Å². The summed E-state index contributed by atoms with van der Waals surface area (Å²) in [5.74, 6) is -0.764. The van der Waals surface area contributed by atoms with Gasteiger partial charge in [0.1, 0.15) is 5.82 Å². The molecule has 0 saturated carbocycles. The van der Waals surface area contributed by atoms with E-state index >= 15 is 0 Å². The molecule has 3 nitrogen and oxygen atoms in total. The lowest BCUT2D eigenvalue weighted by Crippen LogP contribution is -2.22. The minimum atomic E-state index is -0.264. The van der Waals surface area contributed by atoms with E-state index in [1.807, 2.05) is 22.6 Å². The van der Waals surface area contributed by atoms with Gasteiger partial charge in [0.25, 0.3) is 0 Å². The fraction of sp³-hybridized carbons (Fsp3) is 0.417. The third-order valence-electron chi connectivity index (χ3n) is 2.24. The predicted octanol–water partition coefficient (Wildman–Crippen LogP) is 3.04. The number of benzene rings is 1. The lowest BCUT2D eigenvalue weighted by Gasteiger charge is -2.13. The van der Waals surface area contributed by atoms with Gasteiger partial charge in [-0.3, -0.25) is 4.79 Å². The topological polar surface area (TPSA) is 38.3 Å². The van der Waals surface area contributed by atoms with Gasteiger partial charge in [0, 0.05) is 6.54 Å². The van der Waals surface area contributed by atoms with E-state index in [-0.39, 0.29) is 17.7 Å². The van der Waals surface area contributed by atoms with Gasteiger partial charge in [0.15, 0.2) is 0 Å². The summed E-state index contributed by atoms with van der Waals surface area (Å²) in [6.07, 6.45) is 0. The van der Waals surface area contributed by atoms with E-state index in [4.69, 9.17) is 4.74 Å². The molecule has 0 aromatic heterocycles. The van der Waals surface area contributed by atoms with Crippen LogP contribution in [0.5, 0.6) is 0 Å². The number of hydrogen-bond acceptors (Lipinski definition) is 3. The predicted molar refractivity (Wildman–Crippen MR) is 73.4 cm³/mol. The van der Waals surface area contributed by atoms with Gasteiger partial charge < -0.3 is 10.1 Å². The minimum Gasteiger partial charge on any atom is -0.466 e. The Hall–Kier alpha value is -0.850. The number of esters is 1. The molecule has 1 unspecified atom stereocenters. The maximum absolute atomic E-state index is 13.2. The molecule has 1 N–H and O–H groups in total. The van der Waals surface area contributed by atoms with Gasteiger partial charge in [-0.2, -0.15) is 0 Å². The van der Waals surface area contributed by atoms with E-state index in [9.17, 15) is 9.18 Å². The first kappa shape index (κ1) is 14.2. The third-order valence-corrected chi connectivity index (χ3v) is 3.34. The first-order valence-electron chi connectivity index (χ1n) is 5.40. The van der Waals surface area contributed by atoms with E-state index in [2.05, 4.69) is 5.32 Å². The van der Waals surface area contributed by atoms with Gasteiger partial charge in [-0.15, -0.1) is 0 Å². The summed E-state index contributed by atoms with van der Waals surface area (Å²) in [4.78, 5) is 11.4. The molecule has 0 fully saturated rings. The monoisotopic (exact) mass is 351 g/mol. The van der Waals surface area contributed by atoms with Crippen LogP contribution in [0, 0.1) is 15.3 Å². The Morgan fingerprint density at radius 2 is 2.29 bits per heavy atom. The van der Waals surface area contributed by atoms with Crippen molar-refractivity contribution >= 4 is 34.2 Å². The summed E-state index contributed by atoms with van der Waals surface area (Å²) in [5.41, 5.74) is 0.696. The van der Waals surface area contributed by atoms with Crippen LogP contribution >= 0.6 is 22.6 Å². The molecule has 5 heteroatoms. The van der Waals surface area contributed by atoms with E-state index in [1.54, 1.807) is 26.0 Å². The minimum absolute atomic E-state index is 0.244. The molecule has 1 atom stereocenters. The Morgan fingerprint density at radius 3 is 2.94 bits per heavy atom. The van der Waals surface area contributed by atoms with E-state index in [0.29, 0.717) is 22.4 Å². The second-order valence-corrected chi connectivity index (χ2v) is 4.71. The third kappa shape index (κ3) is 4.14. The normalized spacial score (nSPS) is 12.0. The molecule has 0 bridgehead atoms. The molecule has 94 valence electrons. The highest BCUT2D eigenvalue weighted by molar-refractivity contribution is 14.1. The quantitative estimate of drug-likeness (QED) is 0.655. The van der Waals surface area contributed by atoms with Gasteiger partial charge in [-0.25, -0.2) is 4.39 Å². The Kier molecular flexibility index (Phi) is 5.67. The van der Waals surface area contributed by atoms with Crippen LogP contribution in [-0.4, -0.2) is 19.1 Å². The van der Waals surface area contributed by atoms with Crippen LogP contribution in [0.4, 0.5) is 10.1 Å². The Morgan fingerprint density at radius 1 is 1.59 bits per heavy atom. The summed E-state index contributed by atoms with van der Waals surface area (Å²) in [6.45, 7) is 4.35. The fourth-order valence-corrected chi connectivity index (χ4v) is 1.82. The summed E-state index contributed by atoms with van der Waals surface area (Å²) in [5, 5.41) is 3.04. The lowest BCUT2D eigenvalue weighted by molar-refractivity contribution is -0.146. The highest BCUT2D eigenvalue weighted by atomic mass is 127. The van der Waals surface area contributed by atoms with Crippen molar-refractivity contribution in [3.63, 3.8) is 0 Å². The zero-order chi connectivity index (χ0) is 12.8. The van der Waals surface area contributed by atoms with E-state index < -0.39 is 0 Å². The average Bonchev–Trinajstić information content (AvgIpc) is 2.31. The Bertz CT molecular complexity index is 398. The van der Waals surface area contributed by atoms with E-state index in [0.717, 1.165) is 0 Å². The molecular formula is C12H15FINO2. The van der Waals surface area contributed by atoms with Crippen LogP contribution in [0.25, 0.3) is 0 Å². The van der Waals surface area contributed by atoms with Crippen molar-refractivity contribution in [2.45, 2.75) is 13.8 Å². The SMILES string of the molecule is CCOC(=O)C(C)CNc1cccc(F)c1I.